The van der Waals surface area contributed by atoms with Gasteiger partial charge in [-0.15, -0.1) is 0 Å². The van der Waals surface area contributed by atoms with E-state index in [2.05, 4.69) is 55.8 Å². The number of benzene rings is 6. The van der Waals surface area contributed by atoms with Gasteiger partial charge in [-0.3, -0.25) is 28.8 Å². The molecule has 6 amide bonds. The maximum atomic E-state index is 13.9. The zero-order valence-electron chi connectivity index (χ0n) is 60.3. The number of hydrogen-bond acceptors (Lipinski definition) is 14. The fourth-order valence-corrected chi connectivity index (χ4v) is 13.6. The highest BCUT2D eigenvalue weighted by atomic mass is 19.4. The van der Waals surface area contributed by atoms with Crippen molar-refractivity contribution in [2.75, 3.05) is 30.7 Å². The van der Waals surface area contributed by atoms with Crippen molar-refractivity contribution in [1.82, 2.24) is 39.9 Å². The minimum Gasteiger partial charge on any atom is -0.322 e. The van der Waals surface area contributed by atoms with Gasteiger partial charge in [-0.1, -0.05) is 86.3 Å². The lowest BCUT2D eigenvalue weighted by Crippen LogP contribution is -2.34. The van der Waals surface area contributed by atoms with E-state index in [9.17, 15) is 68.3 Å². The van der Waals surface area contributed by atoms with Gasteiger partial charge in [-0.05, 0) is 208 Å². The maximum absolute atomic E-state index is 13.9. The Balaban J connectivity index is 0.000000156. The first-order valence-corrected chi connectivity index (χ1v) is 34.4. The van der Waals surface area contributed by atoms with Gasteiger partial charge >= 0.3 is 18.5 Å². The first-order chi connectivity index (χ1) is 53.2. The maximum Gasteiger partial charge on any atom is 0.417 e. The van der Waals surface area contributed by atoms with Crippen LogP contribution in [-0.4, -0.2) is 75.3 Å². The van der Waals surface area contributed by atoms with Crippen LogP contribution in [0.5, 0.6) is 0 Å². The van der Waals surface area contributed by atoms with Crippen LogP contribution in [0.4, 0.5) is 91.7 Å². The first-order valence-electron chi connectivity index (χ1n) is 34.4. The molecule has 3 N–H and O–H groups in total. The van der Waals surface area contributed by atoms with Crippen LogP contribution in [0.25, 0.3) is 33.4 Å². The minimum absolute atomic E-state index is 0. The fraction of sp³-hybridized carbons (Fsp3) is 0.167. The standard InChI is InChI=1S/C28H22F3N5O2.C28H21F3N4O2.C27H20F3N5O2.CH4/c1-16-7-10-21(34-15-16)35-25(37)19-14-17(8-9-20(19)28(29,30)31)18-11-13-33-24-23(18)27(2,3)26(38)36(24)22-6-4-5-12-32-22;1-27(2)23-19(10-6-11-22(23)35(25(27)37)26-32-14-7-15-33-26)17-12-13-21(28(29,30)31)20(16-17)24(36)34-18-8-4-3-5-9-18;1-26(2)22-17(7-5-8-20(22)35(24(26)37)25-32-13-6-14-33-25)16-10-11-19(27(28,29)30)18(15-16)23(36)34-21-9-3-4-12-31-21;/h4-15H,1-3H3,(H,34,35,37);3-16H,1-2H3,(H,34,36);3-15H,1-2H3,(H,31,34,36);1H4. The van der Waals surface area contributed by atoms with E-state index in [0.717, 1.165) is 23.8 Å². The smallest absolute Gasteiger partial charge is 0.322 e. The number of aromatic nitrogens is 8. The third kappa shape index (κ3) is 15.4. The zero-order chi connectivity index (χ0) is 80.0. The van der Waals surface area contributed by atoms with Gasteiger partial charge in [0.05, 0.1) is 61.0 Å². The average Bonchev–Trinajstić information content (AvgIpc) is 1.58. The Morgan fingerprint density at radius 3 is 1.18 bits per heavy atom. The molecule has 0 aliphatic carbocycles. The molecule has 6 aromatic carbocycles. The summed E-state index contributed by atoms with van der Waals surface area (Å²) in [5.74, 6) is -2.25. The molecule has 3 aliphatic heterocycles. The summed E-state index contributed by atoms with van der Waals surface area (Å²) in [6.45, 7) is 12.2. The van der Waals surface area contributed by atoms with Gasteiger partial charge in [0.2, 0.25) is 29.6 Å². The topological polar surface area (TPSA) is 251 Å². The number of para-hydroxylation sites is 1. The molecule has 15 rings (SSSR count). The molecule has 20 nitrogen and oxygen atoms in total. The minimum atomic E-state index is -4.77. The van der Waals surface area contributed by atoms with Crippen LogP contribution >= 0.6 is 0 Å². The molecule has 0 radical (unpaired) electrons. The molecule has 29 heteroatoms. The number of carbonyl (C=O) groups is 6. The Hall–Kier alpha value is -13.7. The van der Waals surface area contributed by atoms with Gasteiger partial charge in [0.1, 0.15) is 23.3 Å². The van der Waals surface area contributed by atoms with Crippen molar-refractivity contribution >= 4 is 87.7 Å². The lowest BCUT2D eigenvalue weighted by atomic mass is 9.81. The van der Waals surface area contributed by atoms with Crippen LogP contribution in [0.3, 0.4) is 0 Å². The molecule has 9 heterocycles. The normalized spacial score (nSPS) is 14.3. The number of halogens is 9. The van der Waals surface area contributed by atoms with Crippen LogP contribution < -0.4 is 30.7 Å². The van der Waals surface area contributed by atoms with Crippen LogP contribution in [0.2, 0.25) is 0 Å². The summed E-state index contributed by atoms with van der Waals surface area (Å²) in [6, 6.07) is 46.7. The first kappa shape index (κ1) is 78.8. The highest BCUT2D eigenvalue weighted by molar-refractivity contribution is 6.16. The summed E-state index contributed by atoms with van der Waals surface area (Å²) in [5.41, 5.74) is -1.34. The molecule has 0 atom stereocenters. The Labute approximate surface area is 641 Å². The van der Waals surface area contributed by atoms with E-state index >= 15 is 0 Å². The molecule has 3 aliphatic rings. The van der Waals surface area contributed by atoms with Crippen LogP contribution in [0, 0.1) is 6.92 Å². The van der Waals surface area contributed by atoms with Crippen LogP contribution in [-0.2, 0) is 49.2 Å². The monoisotopic (exact) mass is 1540 g/mol. The van der Waals surface area contributed by atoms with Crippen molar-refractivity contribution < 1.29 is 68.3 Å². The van der Waals surface area contributed by atoms with Gasteiger partial charge in [0.15, 0.2) is 0 Å². The molecule has 0 fully saturated rings. The Morgan fingerprint density at radius 2 is 0.761 bits per heavy atom. The Kier molecular flexibility index (Phi) is 21.4. The van der Waals surface area contributed by atoms with E-state index in [1.54, 1.807) is 176 Å². The number of pyridine rings is 4. The quantitative estimate of drug-likeness (QED) is 0.0963. The van der Waals surface area contributed by atoms with Gasteiger partial charge in [0, 0.05) is 60.8 Å². The van der Waals surface area contributed by atoms with Crippen LogP contribution in [0.15, 0.2) is 238 Å². The summed E-state index contributed by atoms with van der Waals surface area (Å²) in [5, 5.41) is 7.41. The Morgan fingerprint density at radius 1 is 0.363 bits per heavy atom. The number of aryl methyl sites for hydroxylation is 1. The van der Waals surface area contributed by atoms with Crippen molar-refractivity contribution in [3.8, 4) is 33.4 Å². The lowest BCUT2D eigenvalue weighted by Gasteiger charge is -2.21. The zero-order valence-corrected chi connectivity index (χ0v) is 60.3. The highest BCUT2D eigenvalue weighted by Gasteiger charge is 2.51. The van der Waals surface area contributed by atoms with E-state index in [0.29, 0.717) is 78.8 Å². The van der Waals surface area contributed by atoms with Gasteiger partial charge in [0.25, 0.3) is 17.7 Å². The van der Waals surface area contributed by atoms with Gasteiger partial charge in [-0.2, -0.15) is 39.5 Å². The van der Waals surface area contributed by atoms with E-state index in [1.165, 1.54) is 107 Å². The third-order valence-electron chi connectivity index (χ3n) is 18.9. The molecule has 0 saturated heterocycles. The summed E-state index contributed by atoms with van der Waals surface area (Å²) < 4.78 is 125. The lowest BCUT2D eigenvalue weighted by molar-refractivity contribution is -0.138. The fourth-order valence-electron chi connectivity index (χ4n) is 13.6. The molecule has 0 bridgehead atoms. The molecule has 0 unspecified atom stereocenters. The second-order valence-electron chi connectivity index (χ2n) is 27.5. The third-order valence-corrected chi connectivity index (χ3v) is 18.9. The molecular formula is C84H67F9N14O6. The molecule has 12 aromatic rings. The number of hydrogen-bond donors (Lipinski definition) is 3. The van der Waals surface area contributed by atoms with Crippen molar-refractivity contribution in [3.05, 3.63) is 293 Å². The Bertz CT molecular complexity index is 5430. The van der Waals surface area contributed by atoms with E-state index in [4.69, 9.17) is 0 Å². The molecule has 0 spiro atoms. The predicted octanol–water partition coefficient (Wildman–Crippen LogP) is 18.8. The number of anilines is 9. The predicted molar refractivity (Wildman–Crippen MR) is 407 cm³/mol. The number of alkyl halides is 9. The van der Waals surface area contributed by atoms with Crippen molar-refractivity contribution in [3.63, 3.8) is 0 Å². The summed E-state index contributed by atoms with van der Waals surface area (Å²) in [6.07, 6.45) is -2.21. The molecule has 0 saturated carbocycles. The largest absolute Gasteiger partial charge is 0.417 e. The number of nitrogens with one attached hydrogen (secondary N) is 3. The summed E-state index contributed by atoms with van der Waals surface area (Å²) in [4.78, 5) is 117. The number of rotatable bonds is 12. The van der Waals surface area contributed by atoms with E-state index in [1.807, 2.05) is 0 Å². The highest BCUT2D eigenvalue weighted by Crippen LogP contribution is 2.53. The second kappa shape index (κ2) is 30.6. The van der Waals surface area contributed by atoms with Crippen molar-refractivity contribution in [2.45, 2.75) is 90.7 Å². The molecule has 113 heavy (non-hydrogen) atoms. The molecule has 572 valence electrons. The van der Waals surface area contributed by atoms with Gasteiger partial charge in [-0.25, -0.2) is 54.6 Å². The summed E-state index contributed by atoms with van der Waals surface area (Å²) in [7, 11) is 0. The SMILES string of the molecule is C.CC1(C)C(=O)N(c2ncccn2)c2cccc(-c3ccc(C(F)(F)F)c(C(=O)Nc4ccccc4)c3)c21.CC1(C)C(=O)N(c2ncccn2)c2cccc(-c3ccc(C(F)(F)F)c(C(=O)Nc4ccccn4)c3)c21.Cc1ccc(NC(=O)c2cc(-c3ccnc4c3C(C)(C)C(=O)N4c3ccccn3)ccc2C(F)(F)F)nc1. The number of carbonyl (C=O) groups excluding carboxylic acids is 6. The average molecular weight is 1540 g/mol. The van der Waals surface area contributed by atoms with Gasteiger partial charge < -0.3 is 16.0 Å². The number of fused-ring (bicyclic) bond motifs is 3. The summed E-state index contributed by atoms with van der Waals surface area (Å²) >= 11 is 0. The number of nitrogens with zero attached hydrogens (tertiary/aromatic N) is 11. The van der Waals surface area contributed by atoms with Crippen molar-refractivity contribution in [1.29, 1.82) is 0 Å². The number of amides is 6. The van der Waals surface area contributed by atoms with Crippen molar-refractivity contribution in [2.24, 2.45) is 0 Å². The van der Waals surface area contributed by atoms with Crippen LogP contribution in [0.1, 0.15) is 119 Å². The molecular weight excluding hydrogens is 1470 g/mol. The molecule has 6 aromatic heterocycles. The second-order valence-corrected chi connectivity index (χ2v) is 27.5. The van der Waals surface area contributed by atoms with E-state index < -0.39 is 85.9 Å². The van der Waals surface area contributed by atoms with E-state index in [-0.39, 0.29) is 48.7 Å².